The Labute approximate surface area is 181 Å². The maximum atomic E-state index is 8.14. The van der Waals surface area contributed by atoms with Gasteiger partial charge >= 0.3 is 0 Å². The first-order chi connectivity index (χ1) is 14.9. The van der Waals surface area contributed by atoms with Crippen molar-refractivity contribution in [1.29, 1.82) is 0 Å². The molecule has 3 nitrogen and oxygen atoms in total. The van der Waals surface area contributed by atoms with E-state index in [1.807, 2.05) is 0 Å². The molecule has 30 heavy (non-hydrogen) atoms. The van der Waals surface area contributed by atoms with Gasteiger partial charge in [-0.15, -0.1) is 0 Å². The second kappa shape index (κ2) is 10.7. The van der Waals surface area contributed by atoms with Gasteiger partial charge in [0.25, 0.3) is 0 Å². The van der Waals surface area contributed by atoms with Gasteiger partial charge in [0.15, 0.2) is 0 Å². The number of rotatable bonds is 8. The van der Waals surface area contributed by atoms with Gasteiger partial charge in [0.05, 0.1) is 0 Å². The fraction of sp³-hybridized carbons (Fsp3) is 0.556. The van der Waals surface area contributed by atoms with E-state index in [-0.39, 0.29) is 0 Å². The Morgan fingerprint density at radius 1 is 0.800 bits per heavy atom. The highest BCUT2D eigenvalue weighted by Gasteiger charge is 2.44. The summed E-state index contributed by atoms with van der Waals surface area (Å²) in [7, 11) is 0. The summed E-state index contributed by atoms with van der Waals surface area (Å²) < 4.78 is 0. The van der Waals surface area contributed by atoms with Crippen molar-refractivity contribution >= 4 is 0 Å². The molecule has 0 heterocycles. The maximum absolute atomic E-state index is 8.14. The third kappa shape index (κ3) is 5.89. The topological polar surface area (TPSA) is 48.8 Å². The van der Waals surface area contributed by atoms with Crippen molar-refractivity contribution in [3.05, 3.63) is 82.2 Å². The van der Waals surface area contributed by atoms with Crippen molar-refractivity contribution in [2.75, 3.05) is 6.54 Å². The van der Waals surface area contributed by atoms with Crippen LogP contribution >= 0.6 is 0 Å². The zero-order chi connectivity index (χ0) is 20.6. The van der Waals surface area contributed by atoms with Gasteiger partial charge in [-0.2, -0.15) is 0 Å². The van der Waals surface area contributed by atoms with Gasteiger partial charge < -0.3 is 0 Å². The molecule has 0 spiro atoms. The van der Waals surface area contributed by atoms with Crippen molar-refractivity contribution in [1.82, 2.24) is 0 Å². The molecule has 3 saturated carbocycles. The zero-order valence-corrected chi connectivity index (χ0v) is 18.1. The minimum absolute atomic E-state index is 0.652. The van der Waals surface area contributed by atoms with E-state index < -0.39 is 0 Å². The van der Waals surface area contributed by atoms with Gasteiger partial charge in [-0.1, -0.05) is 97.9 Å². The smallest absolute Gasteiger partial charge is 0.0257 e. The lowest BCUT2D eigenvalue weighted by Gasteiger charge is -2.07. The lowest BCUT2D eigenvalue weighted by Crippen LogP contribution is -1.97. The van der Waals surface area contributed by atoms with Crippen LogP contribution in [-0.4, -0.2) is 6.54 Å². The van der Waals surface area contributed by atoms with Crippen LogP contribution in [0.1, 0.15) is 80.8 Å². The molecule has 0 amide bonds. The normalized spacial score (nSPS) is 26.9. The minimum atomic E-state index is 0.652. The average Bonchev–Trinajstić information content (AvgIpc) is 3.72. The van der Waals surface area contributed by atoms with Gasteiger partial charge in [0.1, 0.15) is 0 Å². The molecule has 3 aliphatic carbocycles. The molecule has 5 rings (SSSR count). The molecule has 3 fully saturated rings. The molecule has 0 radical (unpaired) electrons. The van der Waals surface area contributed by atoms with Gasteiger partial charge in [-0.05, 0) is 71.9 Å². The standard InChI is InChI=1S/C14H18.C13H17N3/c1-2-6-11(7-3-1)13-10-14(13)12-8-4-5-9-12;14-16-15-9-5-4-8-12-10-13(12)11-6-2-1-3-7-11/h1-3,6-7,12-14H,4-5,8-10H2;1-3,6-7,12-13H,4-5,8-10H2. The Hall–Kier alpha value is -2.25. The molecular weight excluding hydrogens is 366 g/mol. The van der Waals surface area contributed by atoms with E-state index in [0.717, 1.165) is 36.0 Å². The van der Waals surface area contributed by atoms with Crippen molar-refractivity contribution in [3.63, 3.8) is 0 Å². The quantitative estimate of drug-likeness (QED) is 0.185. The second-order valence-corrected chi connectivity index (χ2v) is 9.42. The lowest BCUT2D eigenvalue weighted by molar-refractivity contribution is 0.469. The minimum Gasteiger partial charge on any atom is -0.0940 e. The Morgan fingerprint density at radius 3 is 2.07 bits per heavy atom. The van der Waals surface area contributed by atoms with E-state index in [4.69, 9.17) is 5.53 Å². The molecule has 0 N–H and O–H groups in total. The summed E-state index contributed by atoms with van der Waals surface area (Å²) in [5.41, 5.74) is 11.2. The summed E-state index contributed by atoms with van der Waals surface area (Å²) in [4.78, 5) is 2.76. The van der Waals surface area contributed by atoms with Crippen molar-refractivity contribution in [2.45, 2.75) is 69.6 Å². The van der Waals surface area contributed by atoms with E-state index in [1.54, 1.807) is 5.56 Å². The summed E-state index contributed by atoms with van der Waals surface area (Å²) in [6.45, 7) is 0.652. The summed E-state index contributed by atoms with van der Waals surface area (Å²) >= 11 is 0. The Balaban J connectivity index is 0.000000146. The largest absolute Gasteiger partial charge is 0.0940 e. The first-order valence-corrected chi connectivity index (χ1v) is 12.0. The number of azide groups is 1. The molecule has 2 aromatic carbocycles. The highest BCUT2D eigenvalue weighted by molar-refractivity contribution is 5.26. The van der Waals surface area contributed by atoms with Crippen LogP contribution in [0.4, 0.5) is 0 Å². The van der Waals surface area contributed by atoms with E-state index in [1.165, 1.54) is 56.9 Å². The van der Waals surface area contributed by atoms with Crippen LogP contribution in [0.3, 0.4) is 0 Å². The number of hydrogen-bond donors (Lipinski definition) is 0. The monoisotopic (exact) mass is 401 g/mol. The summed E-state index contributed by atoms with van der Waals surface area (Å²) in [5, 5.41) is 3.55. The van der Waals surface area contributed by atoms with Crippen LogP contribution in [0, 0.1) is 17.8 Å². The Kier molecular flexibility index (Phi) is 7.48. The average molecular weight is 402 g/mol. The predicted molar refractivity (Wildman–Crippen MR) is 124 cm³/mol. The summed E-state index contributed by atoms with van der Waals surface area (Å²) in [5.74, 6) is 4.69. The molecular formula is C27H35N3. The van der Waals surface area contributed by atoms with E-state index in [2.05, 4.69) is 70.7 Å². The summed E-state index contributed by atoms with van der Waals surface area (Å²) in [6, 6.07) is 21.9. The van der Waals surface area contributed by atoms with Crippen LogP contribution < -0.4 is 0 Å². The van der Waals surface area contributed by atoms with E-state index in [0.29, 0.717) is 6.54 Å². The number of benzene rings is 2. The fourth-order valence-electron chi connectivity index (χ4n) is 5.51. The highest BCUT2D eigenvalue weighted by Crippen LogP contribution is 2.55. The summed E-state index contributed by atoms with van der Waals surface area (Å²) in [6.07, 6.45) is 12.3. The highest BCUT2D eigenvalue weighted by atomic mass is 15.1. The van der Waals surface area contributed by atoms with Crippen LogP contribution in [0.25, 0.3) is 10.4 Å². The van der Waals surface area contributed by atoms with E-state index >= 15 is 0 Å². The first kappa shape index (κ1) is 21.0. The number of unbranched alkanes of at least 4 members (excludes halogenated alkanes) is 1. The van der Waals surface area contributed by atoms with Crippen molar-refractivity contribution in [2.24, 2.45) is 22.9 Å². The molecule has 3 aliphatic rings. The zero-order valence-electron chi connectivity index (χ0n) is 18.1. The van der Waals surface area contributed by atoms with Crippen LogP contribution in [-0.2, 0) is 0 Å². The molecule has 4 atom stereocenters. The van der Waals surface area contributed by atoms with Crippen LogP contribution in [0.2, 0.25) is 0 Å². The Bertz CT molecular complexity index is 807. The molecule has 0 aliphatic heterocycles. The molecule has 4 unspecified atom stereocenters. The SMILES string of the molecule is [N-]=[N+]=NCCCCC1CC1c1ccccc1.c1ccc(C2CC2C2CCCC2)cc1. The molecule has 0 aromatic heterocycles. The second-order valence-electron chi connectivity index (χ2n) is 9.42. The fourth-order valence-corrected chi connectivity index (χ4v) is 5.51. The van der Waals surface area contributed by atoms with Crippen molar-refractivity contribution in [3.8, 4) is 0 Å². The van der Waals surface area contributed by atoms with Gasteiger partial charge in [-0.3, -0.25) is 0 Å². The molecule has 2 aromatic rings. The predicted octanol–water partition coefficient (Wildman–Crippen LogP) is 8.25. The third-order valence-corrected chi connectivity index (χ3v) is 7.37. The van der Waals surface area contributed by atoms with Crippen LogP contribution in [0.5, 0.6) is 0 Å². The van der Waals surface area contributed by atoms with Crippen molar-refractivity contribution < 1.29 is 0 Å². The lowest BCUT2D eigenvalue weighted by atomic mass is 9.98. The molecule has 0 saturated heterocycles. The third-order valence-electron chi connectivity index (χ3n) is 7.37. The number of nitrogens with zero attached hydrogens (tertiary/aromatic N) is 3. The van der Waals surface area contributed by atoms with Crippen LogP contribution in [0.15, 0.2) is 65.8 Å². The maximum Gasteiger partial charge on any atom is 0.0257 e. The number of hydrogen-bond acceptors (Lipinski definition) is 1. The van der Waals surface area contributed by atoms with Gasteiger partial charge in [0, 0.05) is 11.5 Å². The molecule has 0 bridgehead atoms. The molecule has 158 valence electrons. The van der Waals surface area contributed by atoms with Gasteiger partial charge in [-0.25, -0.2) is 0 Å². The van der Waals surface area contributed by atoms with Gasteiger partial charge in [0.2, 0.25) is 0 Å². The molecule has 3 heteroatoms. The van der Waals surface area contributed by atoms with E-state index in [9.17, 15) is 0 Å². The first-order valence-electron chi connectivity index (χ1n) is 12.0. The Morgan fingerprint density at radius 2 is 1.43 bits per heavy atom.